The van der Waals surface area contributed by atoms with Gasteiger partial charge in [-0.25, -0.2) is 9.97 Å². The zero-order chi connectivity index (χ0) is 32.1. The van der Waals surface area contributed by atoms with Crippen LogP contribution in [0.25, 0.3) is 109 Å². The maximum absolute atomic E-state index is 6.64. The molecule has 0 atom stereocenters. The van der Waals surface area contributed by atoms with Crippen LogP contribution < -0.4 is 0 Å². The molecule has 0 N–H and O–H groups in total. The number of hydrogen-bond donors (Lipinski definition) is 0. The Hall–Kier alpha value is -6.58. The molecule has 0 saturated carbocycles. The Morgan fingerprint density at radius 2 is 0.980 bits per heavy atom. The minimum atomic E-state index is 0.870. The maximum atomic E-state index is 6.64. The van der Waals surface area contributed by atoms with Crippen LogP contribution in [-0.2, 0) is 0 Å². The van der Waals surface area contributed by atoms with E-state index in [9.17, 15) is 0 Å². The van der Waals surface area contributed by atoms with Gasteiger partial charge in [-0.1, -0.05) is 133 Å². The van der Waals surface area contributed by atoms with Gasteiger partial charge in [-0.05, 0) is 46.0 Å². The molecular formula is C46H26N2O. The van der Waals surface area contributed by atoms with Crippen LogP contribution in [0.2, 0.25) is 0 Å². The van der Waals surface area contributed by atoms with Crippen LogP contribution in [0.3, 0.4) is 0 Å². The highest BCUT2D eigenvalue weighted by Crippen LogP contribution is 2.44. The highest BCUT2D eigenvalue weighted by atomic mass is 16.3. The van der Waals surface area contributed by atoms with E-state index in [4.69, 9.17) is 14.4 Å². The first-order valence-corrected chi connectivity index (χ1v) is 16.7. The Balaban J connectivity index is 1.26. The van der Waals surface area contributed by atoms with Crippen LogP contribution in [-0.4, -0.2) is 9.97 Å². The predicted molar refractivity (Wildman–Crippen MR) is 205 cm³/mol. The molecule has 226 valence electrons. The molecule has 8 aromatic carbocycles. The van der Waals surface area contributed by atoms with Gasteiger partial charge in [0.05, 0.1) is 27.6 Å². The molecule has 0 spiro atoms. The van der Waals surface area contributed by atoms with Gasteiger partial charge in [0.1, 0.15) is 11.2 Å². The minimum absolute atomic E-state index is 0.870. The largest absolute Gasteiger partial charge is 0.455 e. The highest BCUT2D eigenvalue weighted by molar-refractivity contribution is 6.24. The molecule has 3 heteroatoms. The number of para-hydroxylation sites is 2. The van der Waals surface area contributed by atoms with Gasteiger partial charge in [-0.15, -0.1) is 0 Å². The average Bonchev–Trinajstić information content (AvgIpc) is 3.55. The summed E-state index contributed by atoms with van der Waals surface area (Å²) in [6, 6.07) is 56.0. The fourth-order valence-electron chi connectivity index (χ4n) is 7.98. The summed E-state index contributed by atoms with van der Waals surface area (Å²) >= 11 is 0. The first-order valence-electron chi connectivity index (χ1n) is 16.7. The summed E-state index contributed by atoms with van der Waals surface area (Å²) in [5.41, 5.74) is 9.00. The molecule has 49 heavy (non-hydrogen) atoms. The number of aromatic nitrogens is 2. The Labute approximate surface area is 280 Å². The molecule has 3 heterocycles. The van der Waals surface area contributed by atoms with E-state index in [1.807, 2.05) is 12.1 Å². The van der Waals surface area contributed by atoms with Crippen molar-refractivity contribution in [2.45, 2.75) is 0 Å². The Morgan fingerprint density at radius 3 is 1.73 bits per heavy atom. The maximum Gasteiger partial charge on any atom is 0.145 e. The molecule has 0 bridgehead atoms. The zero-order valence-corrected chi connectivity index (χ0v) is 26.3. The third-order valence-corrected chi connectivity index (χ3v) is 10.2. The average molecular weight is 623 g/mol. The van der Waals surface area contributed by atoms with Crippen molar-refractivity contribution in [2.75, 3.05) is 0 Å². The first kappa shape index (κ1) is 26.5. The van der Waals surface area contributed by atoms with E-state index in [2.05, 4.69) is 146 Å². The number of furan rings is 1. The van der Waals surface area contributed by atoms with Crippen molar-refractivity contribution in [3.05, 3.63) is 158 Å². The first-order chi connectivity index (χ1) is 24.3. The van der Waals surface area contributed by atoms with Crippen LogP contribution in [0.15, 0.2) is 162 Å². The van der Waals surface area contributed by atoms with Crippen LogP contribution in [0, 0.1) is 0 Å². The van der Waals surface area contributed by atoms with Gasteiger partial charge in [-0.3, -0.25) is 0 Å². The SMILES string of the molecule is c1cc(-c2c3ccc4ccccc4c3nc3c2ccc2ccccc23)cc(-c2nc3ccccc3c3ccc4c5ccccc5oc4c23)c1. The molecule has 0 aliphatic rings. The fraction of sp³-hybridized carbons (Fsp3) is 0. The highest BCUT2D eigenvalue weighted by Gasteiger charge is 2.20. The summed E-state index contributed by atoms with van der Waals surface area (Å²) in [6.45, 7) is 0. The molecule has 0 saturated heterocycles. The van der Waals surface area contributed by atoms with Gasteiger partial charge in [-0.2, -0.15) is 0 Å². The second-order valence-corrected chi connectivity index (χ2v) is 12.9. The second kappa shape index (κ2) is 9.96. The van der Waals surface area contributed by atoms with Crippen LogP contribution in [0.5, 0.6) is 0 Å². The molecule has 0 radical (unpaired) electrons. The smallest absolute Gasteiger partial charge is 0.145 e. The van der Waals surface area contributed by atoms with Crippen molar-refractivity contribution >= 4 is 87.0 Å². The van der Waals surface area contributed by atoms with Gasteiger partial charge in [0.25, 0.3) is 0 Å². The monoisotopic (exact) mass is 622 g/mol. The lowest BCUT2D eigenvalue weighted by molar-refractivity contribution is 0.672. The van der Waals surface area contributed by atoms with Gasteiger partial charge < -0.3 is 4.42 Å². The molecule has 0 amide bonds. The molecule has 0 unspecified atom stereocenters. The van der Waals surface area contributed by atoms with Crippen molar-refractivity contribution in [2.24, 2.45) is 0 Å². The summed E-state index contributed by atoms with van der Waals surface area (Å²) in [5.74, 6) is 0. The molecule has 3 nitrogen and oxygen atoms in total. The van der Waals surface area contributed by atoms with E-state index < -0.39 is 0 Å². The Kier molecular flexibility index (Phi) is 5.38. The summed E-state index contributed by atoms with van der Waals surface area (Å²) in [6.07, 6.45) is 0. The molecule has 11 rings (SSSR count). The summed E-state index contributed by atoms with van der Waals surface area (Å²) in [4.78, 5) is 10.8. The Bertz CT molecular complexity index is 3080. The third-order valence-electron chi connectivity index (χ3n) is 10.2. The Morgan fingerprint density at radius 1 is 0.388 bits per heavy atom. The third kappa shape index (κ3) is 3.78. The number of fused-ring (bicyclic) bond motifs is 13. The van der Waals surface area contributed by atoms with E-state index in [0.717, 1.165) is 93.0 Å². The fourth-order valence-corrected chi connectivity index (χ4v) is 7.98. The molecule has 0 fully saturated rings. The lowest BCUT2D eigenvalue weighted by Gasteiger charge is -2.16. The second-order valence-electron chi connectivity index (χ2n) is 12.9. The standard InChI is InChI=1S/C46H26N2O/c1-3-14-31-27(10-1)20-22-37-41(38-23-21-28-11-2-4-15-32(28)45(38)48-44(31)37)29-12-9-13-30(26-29)43-42-35(33-16-5-7-18-39(33)47-43)24-25-36-34-17-6-8-19-40(34)49-46(36)42/h1-26H. The van der Waals surface area contributed by atoms with E-state index in [1.165, 1.54) is 16.3 Å². The lowest BCUT2D eigenvalue weighted by atomic mass is 9.91. The molecule has 0 aliphatic carbocycles. The van der Waals surface area contributed by atoms with Crippen molar-refractivity contribution < 1.29 is 4.42 Å². The van der Waals surface area contributed by atoms with Gasteiger partial charge >= 0.3 is 0 Å². The number of rotatable bonds is 2. The van der Waals surface area contributed by atoms with E-state index >= 15 is 0 Å². The molecule has 11 aromatic rings. The lowest BCUT2D eigenvalue weighted by Crippen LogP contribution is -1.93. The van der Waals surface area contributed by atoms with Crippen molar-refractivity contribution in [3.63, 3.8) is 0 Å². The summed E-state index contributed by atoms with van der Waals surface area (Å²) in [7, 11) is 0. The summed E-state index contributed by atoms with van der Waals surface area (Å²) in [5, 5.41) is 12.4. The number of nitrogens with zero attached hydrogens (tertiary/aromatic N) is 2. The van der Waals surface area contributed by atoms with Crippen LogP contribution >= 0.6 is 0 Å². The van der Waals surface area contributed by atoms with Gasteiger partial charge in [0.2, 0.25) is 0 Å². The topological polar surface area (TPSA) is 38.9 Å². The van der Waals surface area contributed by atoms with Gasteiger partial charge in [0.15, 0.2) is 0 Å². The van der Waals surface area contributed by atoms with Crippen LogP contribution in [0.4, 0.5) is 0 Å². The summed E-state index contributed by atoms with van der Waals surface area (Å²) < 4.78 is 6.64. The van der Waals surface area contributed by atoms with E-state index in [-0.39, 0.29) is 0 Å². The van der Waals surface area contributed by atoms with Crippen molar-refractivity contribution in [1.82, 2.24) is 9.97 Å². The number of pyridine rings is 2. The zero-order valence-electron chi connectivity index (χ0n) is 26.3. The number of benzene rings is 8. The van der Waals surface area contributed by atoms with Crippen molar-refractivity contribution in [1.29, 1.82) is 0 Å². The van der Waals surface area contributed by atoms with Gasteiger partial charge in [0, 0.05) is 48.8 Å². The minimum Gasteiger partial charge on any atom is -0.455 e. The van der Waals surface area contributed by atoms with E-state index in [0.29, 0.717) is 0 Å². The van der Waals surface area contributed by atoms with Crippen LogP contribution in [0.1, 0.15) is 0 Å². The molecule has 3 aromatic heterocycles. The van der Waals surface area contributed by atoms with Crippen molar-refractivity contribution in [3.8, 4) is 22.4 Å². The quantitative estimate of drug-likeness (QED) is 0.142. The van der Waals surface area contributed by atoms with E-state index in [1.54, 1.807) is 0 Å². The number of hydrogen-bond acceptors (Lipinski definition) is 3. The molecular weight excluding hydrogens is 597 g/mol. The molecule has 0 aliphatic heterocycles. The normalized spacial score (nSPS) is 12.1. The predicted octanol–water partition coefficient (Wildman–Crippen LogP) is 12.6.